The zero-order valence-electron chi connectivity index (χ0n) is 82.0. The fourth-order valence-corrected chi connectivity index (χ4v) is 22.5. The first-order chi connectivity index (χ1) is 63.9. The van der Waals surface area contributed by atoms with Crippen LogP contribution in [0.2, 0.25) is 0 Å². The molecule has 14 rings (SSSR count). The molecule has 2 amide bonds. The zero-order valence-corrected chi connectivity index (χ0v) is 82.0. The predicted molar refractivity (Wildman–Crippen MR) is 488 cm³/mol. The van der Waals surface area contributed by atoms with Gasteiger partial charge in [0.25, 0.3) is 0 Å². The number of aliphatic hydroxyl groups is 4. The average Bonchev–Trinajstić information content (AvgIpc) is 1.55. The molecule has 4 unspecified atom stereocenters. The minimum absolute atomic E-state index is 0.0141. The summed E-state index contributed by atoms with van der Waals surface area (Å²) in [4.78, 5) is 56.1. The van der Waals surface area contributed by atoms with E-state index in [1.807, 2.05) is 91.8 Å². The number of fused-ring (bicyclic) bond motifs is 4. The van der Waals surface area contributed by atoms with Crippen LogP contribution in [-0.4, -0.2) is 294 Å². The lowest BCUT2D eigenvalue weighted by atomic mass is 9.71. The quantitative estimate of drug-likeness (QED) is 0.0239. The molecule has 0 saturated carbocycles. The molecular formula is C102H152N2O30. The van der Waals surface area contributed by atoms with E-state index in [-0.39, 0.29) is 99.8 Å². The molecule has 12 aliphatic heterocycles. The number of ether oxygens (including phenoxy) is 22. The second-order valence-electron chi connectivity index (χ2n) is 40.2. The highest BCUT2D eigenvalue weighted by atomic mass is 16.8. The number of nitrogens with one attached hydrogen (secondary N) is 2. The Bertz CT molecular complexity index is 4070. The Labute approximate surface area is 790 Å². The van der Waals surface area contributed by atoms with Gasteiger partial charge in [-0.1, -0.05) is 141 Å². The van der Waals surface area contributed by atoms with Crippen molar-refractivity contribution in [1.29, 1.82) is 0 Å². The number of hydrogen-bond donors (Lipinski definition) is 6. The lowest BCUT2D eigenvalue weighted by molar-refractivity contribution is -0.311. The van der Waals surface area contributed by atoms with E-state index >= 15 is 0 Å². The summed E-state index contributed by atoms with van der Waals surface area (Å²) in [5.41, 5.74) is -0.0911. The molecule has 14 aliphatic rings. The van der Waals surface area contributed by atoms with Crippen molar-refractivity contribution < 1.29 is 144 Å². The van der Waals surface area contributed by atoms with Crippen LogP contribution in [0.15, 0.2) is 119 Å². The molecule has 2 aliphatic carbocycles. The smallest absolute Gasteiger partial charge is 0.407 e. The average molecular weight is 1890 g/mol. The SMILES string of the molecule is CC[C@H](C)[C@H]1O[C@]2(C=C[C@@H]1C)C[C@@H]1C[C@@H](C/C=C(\C)[C@@H](O[C@H]3C[C@H](OC)[C@@H](O[C@H]4C[C@H](OC)[C@H](NC(=O)OCCCCOC(=O)N[C@@H]5[C@H](C)O[C@@H](O[C@H]6[C@H](C)O[C@@H](OC7/C(C)=C/C[C@@H]8C[C@@H](C[C@]9(C=C[C@H](C)[C@@H]([C@@H](C)CC)O9)O8)OC(=O)[C@@H]8C=C(C)[C@@H](O)[C@H]9OC/C(=C\C=C\[C@@H]7C)[C@]98O)C[C@@H]6OC)C[C@@H]5OC)[C@H](C)O4)[C@H](C)O3)[C@@H](C)/C=C/C=C3\COC4[C@H](O)C(C)=CC(C(=O)O1)C34O)O2. The van der Waals surface area contributed by atoms with Gasteiger partial charge in [-0.3, -0.25) is 9.59 Å². The Morgan fingerprint density at radius 1 is 0.470 bits per heavy atom. The number of methoxy groups -OCH3 is 4. The lowest BCUT2D eigenvalue weighted by Crippen LogP contribution is -2.59. The molecule has 4 bridgehead atoms. The molecule has 32 nitrogen and oxygen atoms in total. The van der Waals surface area contributed by atoms with Gasteiger partial charge in [0.15, 0.2) is 36.7 Å². The molecule has 0 radical (unpaired) electrons. The predicted octanol–water partition coefficient (Wildman–Crippen LogP) is 12.0. The topological polar surface area (TPSA) is 376 Å². The number of hydrogen-bond acceptors (Lipinski definition) is 30. The van der Waals surface area contributed by atoms with Gasteiger partial charge < -0.3 is 135 Å². The van der Waals surface area contributed by atoms with Crippen LogP contribution in [0.25, 0.3) is 0 Å². The molecule has 8 fully saturated rings. The van der Waals surface area contributed by atoms with Crippen LogP contribution in [0.4, 0.5) is 9.59 Å². The minimum atomic E-state index is -1.90. The van der Waals surface area contributed by atoms with Crippen molar-refractivity contribution in [3.8, 4) is 0 Å². The Morgan fingerprint density at radius 2 is 0.836 bits per heavy atom. The summed E-state index contributed by atoms with van der Waals surface area (Å²) < 4.78 is 143. The number of allylic oxidation sites excluding steroid dienone is 4. The van der Waals surface area contributed by atoms with Crippen LogP contribution in [0.3, 0.4) is 0 Å². The van der Waals surface area contributed by atoms with Crippen molar-refractivity contribution >= 4 is 24.1 Å². The fraction of sp³-hybridized carbons (Fsp3) is 0.765. The van der Waals surface area contributed by atoms with E-state index in [0.29, 0.717) is 73.7 Å². The van der Waals surface area contributed by atoms with Crippen LogP contribution in [0.1, 0.15) is 201 Å². The van der Waals surface area contributed by atoms with Gasteiger partial charge in [-0.25, -0.2) is 9.59 Å². The third-order valence-corrected chi connectivity index (χ3v) is 30.7. The highest BCUT2D eigenvalue weighted by Crippen LogP contribution is 2.51. The van der Waals surface area contributed by atoms with Crippen molar-refractivity contribution in [3.05, 3.63) is 119 Å². The maximum absolute atomic E-state index is 14.6. The van der Waals surface area contributed by atoms with Crippen LogP contribution in [-0.2, 0) is 114 Å². The molecule has 0 aromatic rings. The molecule has 32 heteroatoms. The van der Waals surface area contributed by atoms with Crippen LogP contribution in [0.5, 0.6) is 0 Å². The van der Waals surface area contributed by atoms with E-state index in [2.05, 4.69) is 76.5 Å². The summed E-state index contributed by atoms with van der Waals surface area (Å²) >= 11 is 0. The Kier molecular flexibility index (Phi) is 34.8. The van der Waals surface area contributed by atoms with Gasteiger partial charge in [0, 0.05) is 103 Å². The van der Waals surface area contributed by atoms with E-state index in [9.17, 15) is 39.6 Å². The number of carbonyl (C=O) groups is 4. The number of esters is 2. The second-order valence-corrected chi connectivity index (χ2v) is 40.2. The first-order valence-electron chi connectivity index (χ1n) is 49.2. The minimum Gasteiger partial charge on any atom is -0.462 e. The number of carbonyl (C=O) groups excluding carboxylic acids is 4. The summed E-state index contributed by atoms with van der Waals surface area (Å²) in [6.45, 7) is 32.0. The van der Waals surface area contributed by atoms with Gasteiger partial charge in [0.2, 0.25) is 0 Å². The lowest BCUT2D eigenvalue weighted by Gasteiger charge is -2.48. The van der Waals surface area contributed by atoms with Gasteiger partial charge in [-0.15, -0.1) is 0 Å². The Morgan fingerprint density at radius 3 is 1.21 bits per heavy atom. The first kappa shape index (κ1) is 104. The van der Waals surface area contributed by atoms with Crippen molar-refractivity contribution in [2.24, 2.45) is 47.3 Å². The van der Waals surface area contributed by atoms with Crippen molar-refractivity contribution in [3.63, 3.8) is 0 Å². The van der Waals surface area contributed by atoms with Gasteiger partial charge >= 0.3 is 24.1 Å². The third kappa shape index (κ3) is 22.9. The van der Waals surface area contributed by atoms with Crippen LogP contribution >= 0.6 is 0 Å². The third-order valence-electron chi connectivity index (χ3n) is 30.7. The van der Waals surface area contributed by atoms with Gasteiger partial charge in [0.1, 0.15) is 71.9 Å². The van der Waals surface area contributed by atoms with Gasteiger partial charge in [-0.05, 0) is 138 Å². The van der Waals surface area contributed by atoms with Crippen molar-refractivity contribution in [2.45, 2.75) is 395 Å². The Balaban J connectivity index is 0.534. The summed E-state index contributed by atoms with van der Waals surface area (Å²) in [6, 6.07) is -1.22. The number of aliphatic hydroxyl groups excluding tert-OH is 2. The number of amides is 2. The van der Waals surface area contributed by atoms with Crippen LogP contribution in [0, 0.1) is 47.3 Å². The fourth-order valence-electron chi connectivity index (χ4n) is 22.5. The van der Waals surface area contributed by atoms with Gasteiger partial charge in [0.05, 0.1) is 124 Å². The molecule has 6 N–H and O–H groups in total. The second kappa shape index (κ2) is 44.9. The summed E-state index contributed by atoms with van der Waals surface area (Å²) in [5, 5.41) is 54.1. The summed E-state index contributed by atoms with van der Waals surface area (Å²) in [7, 11) is 6.38. The first-order valence-corrected chi connectivity index (χ1v) is 49.2. The van der Waals surface area contributed by atoms with Crippen molar-refractivity contribution in [1.82, 2.24) is 10.6 Å². The Hall–Kier alpha value is -6.00. The van der Waals surface area contributed by atoms with Crippen LogP contribution < -0.4 is 10.6 Å². The largest absolute Gasteiger partial charge is 0.462 e. The molecule has 750 valence electrons. The highest BCUT2D eigenvalue weighted by Gasteiger charge is 2.63. The maximum atomic E-state index is 14.6. The monoisotopic (exact) mass is 1890 g/mol. The normalized spacial score (nSPS) is 46.3. The highest BCUT2D eigenvalue weighted by molar-refractivity contribution is 5.79. The van der Waals surface area contributed by atoms with E-state index in [0.717, 1.165) is 24.0 Å². The summed E-state index contributed by atoms with van der Waals surface area (Å²) in [6.07, 6.45) is 14.5. The molecule has 8 saturated heterocycles. The number of rotatable bonds is 23. The molecule has 2 spiro atoms. The standard InChI is InChI=1S/C102H152N2O30/c1-21-53(3)89-59(9)35-37-99(133-89)49-71-43-69(131-99)33-31-57(7)87(55(5)27-25-29-67-51-119-93-85(105)61(11)41-73(95(107)125-71)101(67,93)111)127-81-47-77(115-19)91(65(15)123-81)129-79-45-75(113-17)83(63(13)121-79)103-97(109)117-39-23-24-40-118-98(110)104-84-64(14)122-80(46-76(84)114-18)130-92-66(16)124-82(48-78(92)116-20)128-88-56(6)28-26-30-68-52-120-94-86(106)62(12)42-74(102(68,94)112)96(108)126-72-44-70(34-32-58(88)8)132-100(50-72)38-36-60(10)90(134-100)54(4)22-2/h25-32,35-38,41-42,53-56,59-60,63-66,69-94,105-106,111-112H,21-24,33-34,39-40,43-52H2,1-20H3,(H,103,109)(H,104,110)/b27-25+,28-26+,57-31+,58-32+,67-29+,68-30+/t53-,54-,55-,56-,59-,60-,63-,64-,65-,66-,69+,70+,71-,72-,73-,74?,75-,76-,77-,78-,79-,80-,81-,82-,83+,84+,85+,86+,87?,88-,89+,90+,91-,92-,93+,94?,99+,100+,101+,102?/m0/s1. The maximum Gasteiger partial charge on any atom is 0.407 e. The molecule has 0 aromatic carbocycles. The van der Waals surface area contributed by atoms with E-state index in [1.165, 1.54) is 0 Å². The molecule has 12 heterocycles. The molecule has 134 heavy (non-hydrogen) atoms. The number of unbranched alkanes of at least 4 members (excludes halogenated alkanes) is 1. The number of alkyl carbamates (subject to hydrolysis) is 2. The molecular weight excluding hydrogens is 1730 g/mol. The van der Waals surface area contributed by atoms with Crippen molar-refractivity contribution in [2.75, 3.05) is 54.9 Å². The molecule has 0 aromatic heterocycles. The van der Waals surface area contributed by atoms with E-state index < -0.39 is 218 Å². The zero-order chi connectivity index (χ0) is 96.2. The van der Waals surface area contributed by atoms with E-state index in [1.54, 1.807) is 66.6 Å². The van der Waals surface area contributed by atoms with Gasteiger partial charge in [-0.2, -0.15) is 0 Å². The summed E-state index contributed by atoms with van der Waals surface area (Å²) in [5.74, 6) is -5.77. The molecule has 40 atom stereocenters. The van der Waals surface area contributed by atoms with E-state index in [4.69, 9.17) is 104 Å².